The molecule has 0 aliphatic heterocycles. The van der Waals surface area contributed by atoms with E-state index in [4.69, 9.17) is 5.11 Å². The average Bonchev–Trinajstić information content (AvgIpc) is 2.53. The number of nitrogens with one attached hydrogen (secondary N) is 1. The molecule has 0 saturated heterocycles. The van der Waals surface area contributed by atoms with Crippen molar-refractivity contribution in [1.82, 2.24) is 9.97 Å². The highest BCUT2D eigenvalue weighted by Gasteiger charge is 2.21. The Morgan fingerprint density at radius 3 is 2.75 bits per heavy atom. The SMILES string of the molecule is C[C@@H](C(=O)O)[C@@H](C)c1cnc[nH]1. The second kappa shape index (κ2) is 3.38. The van der Waals surface area contributed by atoms with E-state index in [-0.39, 0.29) is 11.8 Å². The Morgan fingerprint density at radius 2 is 2.33 bits per heavy atom. The van der Waals surface area contributed by atoms with Crippen LogP contribution in [-0.2, 0) is 4.79 Å². The molecule has 0 aliphatic rings. The third kappa shape index (κ3) is 1.64. The molecule has 2 atom stereocenters. The fourth-order valence-corrected chi connectivity index (χ4v) is 0.999. The number of carboxylic acid groups (broad SMARTS) is 1. The number of nitrogens with zero attached hydrogens (tertiary/aromatic N) is 1. The van der Waals surface area contributed by atoms with E-state index < -0.39 is 5.97 Å². The summed E-state index contributed by atoms with van der Waals surface area (Å²) >= 11 is 0. The molecule has 1 aromatic heterocycles. The zero-order valence-electron chi connectivity index (χ0n) is 7.11. The summed E-state index contributed by atoms with van der Waals surface area (Å²) in [5, 5.41) is 8.72. The van der Waals surface area contributed by atoms with Crippen molar-refractivity contribution in [3.8, 4) is 0 Å². The van der Waals surface area contributed by atoms with Gasteiger partial charge in [-0.2, -0.15) is 0 Å². The first-order valence-electron chi connectivity index (χ1n) is 3.84. The van der Waals surface area contributed by atoms with Gasteiger partial charge >= 0.3 is 5.97 Å². The Bertz CT molecular complexity index is 256. The van der Waals surface area contributed by atoms with Crippen molar-refractivity contribution < 1.29 is 9.90 Å². The third-order valence-corrected chi connectivity index (χ3v) is 2.15. The largest absolute Gasteiger partial charge is 0.481 e. The van der Waals surface area contributed by atoms with Crippen LogP contribution in [-0.4, -0.2) is 21.0 Å². The zero-order chi connectivity index (χ0) is 9.14. The van der Waals surface area contributed by atoms with E-state index in [0.29, 0.717) is 0 Å². The van der Waals surface area contributed by atoms with Crippen molar-refractivity contribution in [1.29, 1.82) is 0 Å². The van der Waals surface area contributed by atoms with Crippen molar-refractivity contribution in [2.75, 3.05) is 0 Å². The highest BCUT2D eigenvalue weighted by molar-refractivity contribution is 5.70. The molecule has 4 nitrogen and oxygen atoms in total. The first-order chi connectivity index (χ1) is 5.63. The fourth-order valence-electron chi connectivity index (χ4n) is 0.999. The van der Waals surface area contributed by atoms with Gasteiger partial charge < -0.3 is 10.1 Å². The first kappa shape index (κ1) is 8.77. The summed E-state index contributed by atoms with van der Waals surface area (Å²) in [5.74, 6) is -1.19. The number of imidazole rings is 1. The first-order valence-corrected chi connectivity index (χ1v) is 3.84. The van der Waals surface area contributed by atoms with Crippen LogP contribution in [0.5, 0.6) is 0 Å². The van der Waals surface area contributed by atoms with E-state index in [1.165, 1.54) is 0 Å². The Labute approximate surface area is 70.6 Å². The molecular weight excluding hydrogens is 156 g/mol. The molecule has 0 fully saturated rings. The molecular formula is C8H12N2O2. The van der Waals surface area contributed by atoms with Crippen molar-refractivity contribution in [2.24, 2.45) is 5.92 Å². The van der Waals surface area contributed by atoms with Gasteiger partial charge in [0.05, 0.1) is 12.2 Å². The number of H-pyrrole nitrogens is 1. The Hall–Kier alpha value is -1.32. The van der Waals surface area contributed by atoms with Gasteiger partial charge in [-0.15, -0.1) is 0 Å². The fraction of sp³-hybridized carbons (Fsp3) is 0.500. The van der Waals surface area contributed by atoms with E-state index in [9.17, 15) is 4.79 Å². The van der Waals surface area contributed by atoms with Crippen molar-refractivity contribution in [2.45, 2.75) is 19.8 Å². The lowest BCUT2D eigenvalue weighted by atomic mass is 9.94. The molecule has 0 aliphatic carbocycles. The van der Waals surface area contributed by atoms with Crippen LogP contribution in [0.1, 0.15) is 25.5 Å². The molecule has 0 amide bonds. The standard InChI is InChI=1S/C8H12N2O2/c1-5(6(2)8(11)12)7-3-9-4-10-7/h3-6H,1-2H3,(H,9,10)(H,11,12)/t5-,6-/m1/s1. The van der Waals surface area contributed by atoms with Crippen LogP contribution in [0.4, 0.5) is 0 Å². The van der Waals surface area contributed by atoms with Gasteiger partial charge in [0.15, 0.2) is 0 Å². The molecule has 0 aromatic carbocycles. The van der Waals surface area contributed by atoms with Crippen LogP contribution < -0.4 is 0 Å². The summed E-state index contributed by atoms with van der Waals surface area (Å²) in [4.78, 5) is 17.3. The summed E-state index contributed by atoms with van der Waals surface area (Å²) in [6, 6.07) is 0. The highest BCUT2D eigenvalue weighted by Crippen LogP contribution is 2.21. The molecule has 0 bridgehead atoms. The number of hydrogen-bond donors (Lipinski definition) is 2. The normalized spacial score (nSPS) is 15.5. The zero-order valence-corrected chi connectivity index (χ0v) is 7.11. The third-order valence-electron chi connectivity index (χ3n) is 2.15. The van der Waals surface area contributed by atoms with Crippen LogP contribution in [0.25, 0.3) is 0 Å². The molecule has 1 rings (SSSR count). The van der Waals surface area contributed by atoms with Gasteiger partial charge in [-0.05, 0) is 0 Å². The molecule has 0 radical (unpaired) electrons. The summed E-state index contributed by atoms with van der Waals surface area (Å²) in [5.41, 5.74) is 0.866. The van der Waals surface area contributed by atoms with Gasteiger partial charge in [0.1, 0.15) is 0 Å². The van der Waals surface area contributed by atoms with Crippen LogP contribution in [0.2, 0.25) is 0 Å². The van der Waals surface area contributed by atoms with Crippen LogP contribution in [0, 0.1) is 5.92 Å². The molecule has 2 N–H and O–H groups in total. The van der Waals surface area contributed by atoms with Gasteiger partial charge in [0, 0.05) is 17.8 Å². The maximum Gasteiger partial charge on any atom is 0.306 e. The number of hydrogen-bond acceptors (Lipinski definition) is 2. The number of aromatic amines is 1. The van der Waals surface area contributed by atoms with Gasteiger partial charge in [-0.25, -0.2) is 4.98 Å². The quantitative estimate of drug-likeness (QED) is 0.713. The lowest BCUT2D eigenvalue weighted by Gasteiger charge is -2.13. The molecule has 4 heteroatoms. The second-order valence-electron chi connectivity index (χ2n) is 2.92. The van der Waals surface area contributed by atoms with Crippen LogP contribution in [0.15, 0.2) is 12.5 Å². The predicted octanol–water partition coefficient (Wildman–Crippen LogP) is 1.23. The minimum absolute atomic E-state index is 0.0231. The summed E-state index contributed by atoms with van der Waals surface area (Å²) in [6.07, 6.45) is 3.21. The smallest absolute Gasteiger partial charge is 0.306 e. The minimum Gasteiger partial charge on any atom is -0.481 e. The summed E-state index contributed by atoms with van der Waals surface area (Å²) < 4.78 is 0. The van der Waals surface area contributed by atoms with Gasteiger partial charge in [0.2, 0.25) is 0 Å². The topological polar surface area (TPSA) is 66.0 Å². The Balaban J connectivity index is 2.71. The number of carbonyl (C=O) groups is 1. The predicted molar refractivity (Wildman–Crippen MR) is 43.8 cm³/mol. The molecule has 0 spiro atoms. The lowest BCUT2D eigenvalue weighted by Crippen LogP contribution is -2.16. The number of aromatic nitrogens is 2. The average molecular weight is 168 g/mol. The van der Waals surface area contributed by atoms with Gasteiger partial charge in [-0.3, -0.25) is 4.79 Å². The maximum absolute atomic E-state index is 10.6. The number of rotatable bonds is 3. The molecule has 1 heterocycles. The molecule has 12 heavy (non-hydrogen) atoms. The van der Waals surface area contributed by atoms with Crippen molar-refractivity contribution in [3.05, 3.63) is 18.2 Å². The van der Waals surface area contributed by atoms with Crippen molar-refractivity contribution in [3.63, 3.8) is 0 Å². The van der Waals surface area contributed by atoms with E-state index in [2.05, 4.69) is 9.97 Å². The van der Waals surface area contributed by atoms with Gasteiger partial charge in [-0.1, -0.05) is 13.8 Å². The van der Waals surface area contributed by atoms with Crippen LogP contribution >= 0.6 is 0 Å². The molecule has 0 unspecified atom stereocenters. The maximum atomic E-state index is 10.6. The van der Waals surface area contributed by atoms with E-state index in [1.54, 1.807) is 19.4 Å². The molecule has 1 aromatic rings. The highest BCUT2D eigenvalue weighted by atomic mass is 16.4. The second-order valence-corrected chi connectivity index (χ2v) is 2.92. The van der Waals surface area contributed by atoms with Gasteiger partial charge in [0.25, 0.3) is 0 Å². The number of carboxylic acids is 1. The Morgan fingerprint density at radius 1 is 1.67 bits per heavy atom. The lowest BCUT2D eigenvalue weighted by molar-refractivity contribution is -0.141. The molecule has 66 valence electrons. The van der Waals surface area contributed by atoms with Crippen LogP contribution in [0.3, 0.4) is 0 Å². The summed E-state index contributed by atoms with van der Waals surface area (Å²) in [6.45, 7) is 3.56. The molecule has 0 saturated carbocycles. The minimum atomic E-state index is -0.780. The summed E-state index contributed by atoms with van der Waals surface area (Å²) in [7, 11) is 0. The van der Waals surface area contributed by atoms with E-state index >= 15 is 0 Å². The number of aliphatic carboxylic acids is 1. The monoisotopic (exact) mass is 168 g/mol. The van der Waals surface area contributed by atoms with Crippen molar-refractivity contribution >= 4 is 5.97 Å². The van der Waals surface area contributed by atoms with E-state index in [1.807, 2.05) is 6.92 Å². The van der Waals surface area contributed by atoms with E-state index in [0.717, 1.165) is 5.69 Å². The Kier molecular flexibility index (Phi) is 2.47.